The Hall–Kier alpha value is -3.32. The summed E-state index contributed by atoms with van der Waals surface area (Å²) >= 11 is 0. The van der Waals surface area contributed by atoms with E-state index in [-0.39, 0.29) is 18.7 Å². The lowest BCUT2D eigenvalue weighted by atomic mass is 10.0. The molecule has 0 unspecified atom stereocenters. The number of amides is 1. The number of fused-ring (bicyclic) bond motifs is 1. The highest BCUT2D eigenvalue weighted by Crippen LogP contribution is 2.33. The fourth-order valence-electron chi connectivity index (χ4n) is 4.52. The molecule has 0 radical (unpaired) electrons. The molecule has 1 aromatic heterocycles. The quantitative estimate of drug-likeness (QED) is 0.588. The normalized spacial score (nSPS) is 16.3. The van der Waals surface area contributed by atoms with E-state index in [9.17, 15) is 4.79 Å². The van der Waals surface area contributed by atoms with Gasteiger partial charge in [0.15, 0.2) is 11.5 Å². The first-order valence-corrected chi connectivity index (χ1v) is 11.6. The number of hydrogen-bond donors (Lipinski definition) is 1. The molecule has 0 saturated carbocycles. The van der Waals surface area contributed by atoms with Crippen LogP contribution in [0.2, 0.25) is 0 Å². The SMILES string of the molecule is CC(C)c1ccc(CN2CCC(n3nccc3NC(=O)c3ccc4c(c3)OCO4)CC2)cc1. The molecule has 0 atom stereocenters. The van der Waals surface area contributed by atoms with E-state index in [1.54, 1.807) is 24.4 Å². The number of anilines is 1. The molecule has 0 spiro atoms. The van der Waals surface area contributed by atoms with Gasteiger partial charge >= 0.3 is 0 Å². The number of hydrogen-bond acceptors (Lipinski definition) is 5. The van der Waals surface area contributed by atoms with Crippen molar-refractivity contribution in [1.29, 1.82) is 0 Å². The molecular formula is C26H30N4O3. The second-order valence-electron chi connectivity index (χ2n) is 9.09. The smallest absolute Gasteiger partial charge is 0.256 e. The highest BCUT2D eigenvalue weighted by atomic mass is 16.7. The third-order valence-electron chi connectivity index (χ3n) is 6.50. The number of aromatic nitrogens is 2. The number of likely N-dealkylation sites (tertiary alicyclic amines) is 1. The summed E-state index contributed by atoms with van der Waals surface area (Å²) in [6.07, 6.45) is 3.75. The number of benzene rings is 2. The van der Waals surface area contributed by atoms with Crippen molar-refractivity contribution >= 4 is 11.7 Å². The van der Waals surface area contributed by atoms with Gasteiger partial charge in [-0.3, -0.25) is 9.69 Å². The summed E-state index contributed by atoms with van der Waals surface area (Å²) in [4.78, 5) is 15.3. The summed E-state index contributed by atoms with van der Waals surface area (Å²) < 4.78 is 12.7. The predicted octanol–water partition coefficient (Wildman–Crippen LogP) is 4.82. The van der Waals surface area contributed by atoms with E-state index in [2.05, 4.69) is 53.4 Å². The van der Waals surface area contributed by atoms with E-state index >= 15 is 0 Å². The zero-order chi connectivity index (χ0) is 22.8. The van der Waals surface area contributed by atoms with E-state index in [1.807, 2.05) is 10.7 Å². The Morgan fingerprint density at radius 3 is 2.58 bits per heavy atom. The molecule has 7 nitrogen and oxygen atoms in total. The fraction of sp³-hybridized carbons (Fsp3) is 0.385. The van der Waals surface area contributed by atoms with E-state index in [0.29, 0.717) is 23.0 Å². The first kappa shape index (κ1) is 21.5. The number of carbonyl (C=O) groups is 1. The van der Waals surface area contributed by atoms with Crippen LogP contribution in [0.4, 0.5) is 5.82 Å². The van der Waals surface area contributed by atoms with Crippen LogP contribution in [0.15, 0.2) is 54.7 Å². The van der Waals surface area contributed by atoms with Gasteiger partial charge in [-0.2, -0.15) is 5.10 Å². The maximum atomic E-state index is 12.8. The van der Waals surface area contributed by atoms with Crippen LogP contribution >= 0.6 is 0 Å². The van der Waals surface area contributed by atoms with Gasteiger partial charge in [-0.15, -0.1) is 0 Å². The Bertz CT molecular complexity index is 1110. The van der Waals surface area contributed by atoms with Crippen molar-refractivity contribution in [3.63, 3.8) is 0 Å². The molecule has 5 rings (SSSR count). The van der Waals surface area contributed by atoms with Crippen LogP contribution in [0, 0.1) is 0 Å². The predicted molar refractivity (Wildman–Crippen MR) is 127 cm³/mol. The number of rotatable bonds is 6. The first-order valence-electron chi connectivity index (χ1n) is 11.6. The van der Waals surface area contributed by atoms with Crippen molar-refractivity contribution < 1.29 is 14.3 Å². The average molecular weight is 447 g/mol. The highest BCUT2D eigenvalue weighted by Gasteiger charge is 2.24. The monoisotopic (exact) mass is 446 g/mol. The molecule has 3 heterocycles. The molecule has 172 valence electrons. The van der Waals surface area contributed by atoms with E-state index in [1.165, 1.54) is 11.1 Å². The molecule has 3 aromatic rings. The van der Waals surface area contributed by atoms with Crippen molar-refractivity contribution in [2.45, 2.75) is 45.2 Å². The molecule has 2 aromatic carbocycles. The lowest BCUT2D eigenvalue weighted by Crippen LogP contribution is -2.35. The number of nitrogens with one attached hydrogen (secondary N) is 1. The van der Waals surface area contributed by atoms with Crippen LogP contribution in [-0.4, -0.2) is 40.5 Å². The zero-order valence-corrected chi connectivity index (χ0v) is 19.2. The Kier molecular flexibility index (Phi) is 6.05. The second kappa shape index (κ2) is 9.27. The minimum atomic E-state index is -0.183. The molecule has 1 fully saturated rings. The first-order chi connectivity index (χ1) is 16.1. The van der Waals surface area contributed by atoms with E-state index in [0.717, 1.165) is 38.3 Å². The van der Waals surface area contributed by atoms with Gasteiger partial charge in [-0.05, 0) is 48.1 Å². The topological polar surface area (TPSA) is 68.6 Å². The van der Waals surface area contributed by atoms with Gasteiger partial charge in [0.25, 0.3) is 5.91 Å². The van der Waals surface area contributed by atoms with Crippen LogP contribution < -0.4 is 14.8 Å². The van der Waals surface area contributed by atoms with Crippen LogP contribution in [0.5, 0.6) is 11.5 Å². The third-order valence-corrected chi connectivity index (χ3v) is 6.50. The molecule has 2 aliphatic heterocycles. The summed E-state index contributed by atoms with van der Waals surface area (Å²) in [5, 5.41) is 7.53. The molecule has 1 amide bonds. The van der Waals surface area contributed by atoms with Gasteiger partial charge in [0.2, 0.25) is 6.79 Å². The lowest BCUT2D eigenvalue weighted by Gasteiger charge is -2.32. The average Bonchev–Trinajstić information content (AvgIpc) is 3.49. The van der Waals surface area contributed by atoms with Crippen molar-refractivity contribution in [1.82, 2.24) is 14.7 Å². The molecule has 1 saturated heterocycles. The maximum absolute atomic E-state index is 12.8. The Morgan fingerprint density at radius 1 is 1.06 bits per heavy atom. The van der Waals surface area contributed by atoms with Crippen molar-refractivity contribution in [3.8, 4) is 11.5 Å². The van der Waals surface area contributed by atoms with Crippen molar-refractivity contribution in [3.05, 3.63) is 71.4 Å². The standard InChI is InChI=1S/C26H30N4O3/c1-18(2)20-5-3-19(4-6-20)16-29-13-10-22(11-14-29)30-25(9-12-27-30)28-26(31)21-7-8-23-24(15-21)33-17-32-23/h3-9,12,15,18,22H,10-11,13-14,16-17H2,1-2H3,(H,28,31). The van der Waals surface area contributed by atoms with Crippen molar-refractivity contribution in [2.75, 3.05) is 25.2 Å². The molecule has 2 aliphatic rings. The van der Waals surface area contributed by atoms with Gasteiger partial charge in [0.05, 0.1) is 12.2 Å². The van der Waals surface area contributed by atoms with Crippen LogP contribution in [0.25, 0.3) is 0 Å². The van der Waals surface area contributed by atoms with Gasteiger partial charge in [0, 0.05) is 31.3 Å². The fourth-order valence-corrected chi connectivity index (χ4v) is 4.52. The number of nitrogens with zero attached hydrogens (tertiary/aromatic N) is 3. The minimum Gasteiger partial charge on any atom is -0.454 e. The molecule has 0 aliphatic carbocycles. The van der Waals surface area contributed by atoms with Crippen molar-refractivity contribution in [2.24, 2.45) is 0 Å². The summed E-state index contributed by atoms with van der Waals surface area (Å²) in [6, 6.07) is 16.3. The third kappa shape index (κ3) is 4.73. The zero-order valence-electron chi connectivity index (χ0n) is 19.2. The molecule has 0 bridgehead atoms. The second-order valence-corrected chi connectivity index (χ2v) is 9.09. The molecule has 7 heteroatoms. The minimum absolute atomic E-state index is 0.183. The summed E-state index contributed by atoms with van der Waals surface area (Å²) in [5.74, 6) is 2.36. The largest absolute Gasteiger partial charge is 0.454 e. The Labute approximate surface area is 194 Å². The number of ether oxygens (including phenoxy) is 2. The highest BCUT2D eigenvalue weighted by molar-refractivity contribution is 6.04. The summed E-state index contributed by atoms with van der Waals surface area (Å²) in [6.45, 7) is 7.62. The number of carbonyl (C=O) groups excluding carboxylic acids is 1. The van der Waals surface area contributed by atoms with Crippen LogP contribution in [0.1, 0.15) is 60.1 Å². The Morgan fingerprint density at radius 2 is 1.82 bits per heavy atom. The van der Waals surface area contributed by atoms with Gasteiger partial charge in [-0.25, -0.2) is 4.68 Å². The molecular weight excluding hydrogens is 416 g/mol. The van der Waals surface area contributed by atoms with Crippen LogP contribution in [0.3, 0.4) is 0 Å². The van der Waals surface area contributed by atoms with Gasteiger partial charge in [-0.1, -0.05) is 38.1 Å². The van der Waals surface area contributed by atoms with Gasteiger partial charge in [0.1, 0.15) is 5.82 Å². The molecule has 1 N–H and O–H groups in total. The summed E-state index contributed by atoms with van der Waals surface area (Å²) in [5.41, 5.74) is 3.27. The van der Waals surface area contributed by atoms with Gasteiger partial charge < -0.3 is 14.8 Å². The lowest BCUT2D eigenvalue weighted by molar-refractivity contribution is 0.102. The van der Waals surface area contributed by atoms with E-state index in [4.69, 9.17) is 9.47 Å². The van der Waals surface area contributed by atoms with E-state index < -0.39 is 0 Å². The Balaban J connectivity index is 1.18. The van der Waals surface area contributed by atoms with Crippen LogP contribution in [-0.2, 0) is 6.54 Å². The summed E-state index contributed by atoms with van der Waals surface area (Å²) in [7, 11) is 0. The maximum Gasteiger partial charge on any atom is 0.256 e. The molecule has 33 heavy (non-hydrogen) atoms. The number of piperidine rings is 1.